The van der Waals surface area contributed by atoms with Gasteiger partial charge in [-0.1, -0.05) is 48.2 Å². The van der Waals surface area contributed by atoms with Crippen LogP contribution in [0.25, 0.3) is 5.69 Å². The van der Waals surface area contributed by atoms with E-state index in [1.54, 1.807) is 30.8 Å². The highest BCUT2D eigenvalue weighted by atomic mass is 32.2. The van der Waals surface area contributed by atoms with E-state index in [1.807, 2.05) is 55.5 Å². The molecule has 0 spiro atoms. The summed E-state index contributed by atoms with van der Waals surface area (Å²) in [6.45, 7) is 1.99. The first-order valence-corrected chi connectivity index (χ1v) is 9.25. The third kappa shape index (κ3) is 4.11. The number of methoxy groups -OCH3 is 1. The Morgan fingerprint density at radius 1 is 1.19 bits per heavy atom. The fourth-order valence-corrected chi connectivity index (χ4v) is 3.73. The summed E-state index contributed by atoms with van der Waals surface area (Å²) in [4.78, 5) is 14.4. The Morgan fingerprint density at radius 3 is 2.59 bits per heavy atom. The number of hydrogen-bond donors (Lipinski definition) is 0. The van der Waals surface area contributed by atoms with Gasteiger partial charge in [0.15, 0.2) is 0 Å². The van der Waals surface area contributed by atoms with Gasteiger partial charge in [0.2, 0.25) is 11.1 Å². The Kier molecular flexibility index (Phi) is 5.75. The van der Waals surface area contributed by atoms with E-state index >= 15 is 0 Å². The molecule has 1 unspecified atom stereocenters. The number of aryl methyl sites for hydroxylation is 1. The van der Waals surface area contributed by atoms with Crippen molar-refractivity contribution < 1.29 is 9.53 Å². The summed E-state index contributed by atoms with van der Waals surface area (Å²) in [5.74, 6) is 0.627. The number of tetrazole rings is 1. The lowest BCUT2D eigenvalue weighted by atomic mass is 10.1. The number of benzene rings is 2. The summed E-state index contributed by atoms with van der Waals surface area (Å²) in [5.41, 5.74) is 2.68. The predicted molar refractivity (Wildman–Crippen MR) is 104 cm³/mol. The number of nitrogens with zero attached hydrogens (tertiary/aromatic N) is 5. The van der Waals surface area contributed by atoms with Gasteiger partial charge in [-0.2, -0.15) is 4.68 Å². The number of carbonyl (C=O) groups is 1. The lowest BCUT2D eigenvalue weighted by Gasteiger charge is -2.20. The Balaban J connectivity index is 2.01. The minimum absolute atomic E-state index is 0.0306. The summed E-state index contributed by atoms with van der Waals surface area (Å²) in [5, 5.41) is 12.1. The van der Waals surface area contributed by atoms with Gasteiger partial charge in [-0.3, -0.25) is 4.79 Å². The zero-order chi connectivity index (χ0) is 19.4. The molecule has 0 saturated carbocycles. The standard InChI is InChI=1S/C19H21N5O2S/c1-13-10-11-16(26-4)15(12-13)24-19(20-21-22-24)27-17(18(25)23(2)3)14-8-6-5-7-9-14/h5-12,17H,1-4H3. The molecule has 3 rings (SSSR count). The van der Waals surface area contributed by atoms with Gasteiger partial charge in [-0.25, -0.2) is 0 Å². The second-order valence-corrected chi connectivity index (χ2v) is 7.26. The molecule has 140 valence electrons. The molecular formula is C19H21N5O2S. The summed E-state index contributed by atoms with van der Waals surface area (Å²) >= 11 is 1.31. The molecule has 1 atom stereocenters. The number of aromatic nitrogens is 4. The molecule has 0 aliphatic heterocycles. The number of carbonyl (C=O) groups excluding carboxylic acids is 1. The van der Waals surface area contributed by atoms with Crippen LogP contribution in [-0.4, -0.2) is 52.2 Å². The van der Waals surface area contributed by atoms with Crippen LogP contribution in [0, 0.1) is 6.92 Å². The SMILES string of the molecule is COc1ccc(C)cc1-n1nnnc1SC(C(=O)N(C)C)c1ccccc1. The van der Waals surface area contributed by atoms with E-state index in [1.165, 1.54) is 11.8 Å². The lowest BCUT2D eigenvalue weighted by Crippen LogP contribution is -2.27. The van der Waals surface area contributed by atoms with Gasteiger partial charge in [0, 0.05) is 14.1 Å². The third-order valence-corrected chi connectivity index (χ3v) is 5.17. The zero-order valence-corrected chi connectivity index (χ0v) is 16.5. The number of likely N-dealkylation sites (N-methyl/N-ethyl adjacent to an activating group) is 1. The van der Waals surface area contributed by atoms with Crippen LogP contribution in [0.3, 0.4) is 0 Å². The molecule has 8 heteroatoms. The average molecular weight is 383 g/mol. The monoisotopic (exact) mass is 383 g/mol. The maximum Gasteiger partial charge on any atom is 0.240 e. The Bertz CT molecular complexity index is 927. The summed E-state index contributed by atoms with van der Waals surface area (Å²) < 4.78 is 7.06. The molecule has 0 bridgehead atoms. The minimum atomic E-state index is -0.457. The molecule has 0 radical (unpaired) electrons. The van der Waals surface area contributed by atoms with E-state index in [4.69, 9.17) is 4.74 Å². The van der Waals surface area contributed by atoms with Crippen molar-refractivity contribution in [1.82, 2.24) is 25.1 Å². The number of hydrogen-bond acceptors (Lipinski definition) is 6. The number of ether oxygens (including phenoxy) is 1. The first-order valence-electron chi connectivity index (χ1n) is 8.37. The van der Waals surface area contributed by atoms with Crippen LogP contribution in [0.5, 0.6) is 5.75 Å². The van der Waals surface area contributed by atoms with Crippen LogP contribution in [0.15, 0.2) is 53.7 Å². The molecule has 1 amide bonds. The predicted octanol–water partition coefficient (Wildman–Crippen LogP) is 2.90. The quantitative estimate of drug-likeness (QED) is 0.610. The van der Waals surface area contributed by atoms with Crippen molar-refractivity contribution in [3.8, 4) is 11.4 Å². The molecule has 7 nitrogen and oxygen atoms in total. The van der Waals surface area contributed by atoms with Crippen LogP contribution in [0.4, 0.5) is 0 Å². The topological polar surface area (TPSA) is 73.1 Å². The number of thioether (sulfide) groups is 1. The smallest absolute Gasteiger partial charge is 0.240 e. The zero-order valence-electron chi connectivity index (χ0n) is 15.7. The molecule has 0 aliphatic carbocycles. The van der Waals surface area contributed by atoms with Crippen molar-refractivity contribution in [2.75, 3.05) is 21.2 Å². The van der Waals surface area contributed by atoms with Gasteiger partial charge in [0.05, 0.1) is 7.11 Å². The number of rotatable bonds is 6. The second kappa shape index (κ2) is 8.22. The molecule has 2 aromatic carbocycles. The van der Waals surface area contributed by atoms with E-state index in [0.717, 1.165) is 16.8 Å². The molecule has 0 saturated heterocycles. The van der Waals surface area contributed by atoms with Crippen LogP contribution in [-0.2, 0) is 4.79 Å². The van der Waals surface area contributed by atoms with Gasteiger partial charge in [-0.05, 0) is 40.6 Å². The molecule has 27 heavy (non-hydrogen) atoms. The molecule has 1 aromatic heterocycles. The molecule has 0 fully saturated rings. The summed E-state index contributed by atoms with van der Waals surface area (Å²) in [7, 11) is 5.09. The maximum absolute atomic E-state index is 12.8. The third-order valence-electron chi connectivity index (χ3n) is 3.99. The molecule has 3 aromatic rings. The van der Waals surface area contributed by atoms with Crippen LogP contribution >= 0.6 is 11.8 Å². The van der Waals surface area contributed by atoms with Gasteiger partial charge in [-0.15, -0.1) is 5.10 Å². The van der Waals surface area contributed by atoms with E-state index in [2.05, 4.69) is 15.5 Å². The van der Waals surface area contributed by atoms with E-state index in [9.17, 15) is 4.79 Å². The van der Waals surface area contributed by atoms with E-state index in [0.29, 0.717) is 10.9 Å². The van der Waals surface area contributed by atoms with Gasteiger partial charge in [0.25, 0.3) is 0 Å². The maximum atomic E-state index is 12.8. The fraction of sp³-hybridized carbons (Fsp3) is 0.263. The van der Waals surface area contributed by atoms with Crippen molar-refractivity contribution in [1.29, 1.82) is 0 Å². The largest absolute Gasteiger partial charge is 0.494 e. The van der Waals surface area contributed by atoms with E-state index < -0.39 is 5.25 Å². The highest BCUT2D eigenvalue weighted by Gasteiger charge is 2.27. The highest BCUT2D eigenvalue weighted by Crippen LogP contribution is 2.37. The first kappa shape index (κ1) is 18.9. The van der Waals surface area contributed by atoms with Crippen molar-refractivity contribution >= 4 is 17.7 Å². The van der Waals surface area contributed by atoms with Crippen LogP contribution in [0.1, 0.15) is 16.4 Å². The Morgan fingerprint density at radius 2 is 1.93 bits per heavy atom. The van der Waals surface area contributed by atoms with Crippen molar-refractivity contribution in [3.63, 3.8) is 0 Å². The van der Waals surface area contributed by atoms with Crippen LogP contribution < -0.4 is 4.74 Å². The van der Waals surface area contributed by atoms with Crippen molar-refractivity contribution in [3.05, 3.63) is 59.7 Å². The summed E-state index contributed by atoms with van der Waals surface area (Å²) in [6, 6.07) is 15.4. The Hall–Kier alpha value is -2.87. The van der Waals surface area contributed by atoms with Crippen LogP contribution in [0.2, 0.25) is 0 Å². The van der Waals surface area contributed by atoms with Gasteiger partial charge < -0.3 is 9.64 Å². The van der Waals surface area contributed by atoms with E-state index in [-0.39, 0.29) is 5.91 Å². The molecule has 0 N–H and O–H groups in total. The fourth-order valence-electron chi connectivity index (χ4n) is 2.60. The average Bonchev–Trinajstić information content (AvgIpc) is 3.14. The molecule has 0 aliphatic rings. The normalized spacial score (nSPS) is 11.9. The second-order valence-electron chi connectivity index (χ2n) is 6.19. The van der Waals surface area contributed by atoms with Crippen molar-refractivity contribution in [2.45, 2.75) is 17.3 Å². The molecular weight excluding hydrogens is 362 g/mol. The first-order chi connectivity index (χ1) is 13.0. The van der Waals surface area contributed by atoms with Gasteiger partial charge >= 0.3 is 0 Å². The highest BCUT2D eigenvalue weighted by molar-refractivity contribution is 8.00. The lowest BCUT2D eigenvalue weighted by molar-refractivity contribution is -0.128. The molecule has 1 heterocycles. The number of amides is 1. The minimum Gasteiger partial charge on any atom is -0.494 e. The van der Waals surface area contributed by atoms with Crippen molar-refractivity contribution in [2.24, 2.45) is 0 Å². The van der Waals surface area contributed by atoms with Gasteiger partial charge in [0.1, 0.15) is 16.7 Å². The Labute approximate surface area is 162 Å². The summed E-state index contributed by atoms with van der Waals surface area (Å²) in [6.07, 6.45) is 0.